The van der Waals surface area contributed by atoms with E-state index in [4.69, 9.17) is 0 Å². The van der Waals surface area contributed by atoms with Gasteiger partial charge in [0, 0.05) is 24.5 Å². The van der Waals surface area contributed by atoms with Gasteiger partial charge in [0.25, 0.3) is 0 Å². The first-order valence-corrected chi connectivity index (χ1v) is 18.3. The van der Waals surface area contributed by atoms with Crippen LogP contribution in [0.25, 0.3) is 45.8 Å². The topological polar surface area (TPSA) is 44.0 Å². The Hall–Kier alpha value is -4.44. The smallest absolute Gasteiger partial charge is 0.166 e. The summed E-state index contributed by atoms with van der Waals surface area (Å²) in [7, 11) is 0. The van der Waals surface area contributed by atoms with E-state index in [9.17, 15) is 9.59 Å². The molecule has 0 spiro atoms. The zero-order chi connectivity index (χ0) is 33.6. The van der Waals surface area contributed by atoms with E-state index in [0.717, 1.165) is 61.3 Å². The lowest BCUT2D eigenvalue weighted by molar-refractivity contribution is 0.110. The van der Waals surface area contributed by atoms with E-state index in [1.807, 2.05) is 12.1 Å². The Labute approximate surface area is 287 Å². The maximum atomic E-state index is 11.9. The predicted octanol–water partition coefficient (Wildman–Crippen LogP) is 12.3. The Balaban J connectivity index is 1.46. The van der Waals surface area contributed by atoms with Crippen molar-refractivity contribution in [3.63, 3.8) is 0 Å². The molecule has 0 saturated carbocycles. The van der Waals surface area contributed by atoms with Crippen LogP contribution in [0.1, 0.15) is 134 Å². The number of hydrogen-bond acceptors (Lipinski definition) is 2. The highest BCUT2D eigenvalue weighted by Crippen LogP contribution is 2.35. The van der Waals surface area contributed by atoms with E-state index >= 15 is 0 Å². The van der Waals surface area contributed by atoms with E-state index in [0.29, 0.717) is 0 Å². The molecule has 5 rings (SSSR count). The van der Waals surface area contributed by atoms with Crippen molar-refractivity contribution in [1.82, 2.24) is 9.13 Å². The number of carbonyl (C=O) groups is 2. The summed E-state index contributed by atoms with van der Waals surface area (Å²) in [5, 5.41) is 4.75. The van der Waals surface area contributed by atoms with Crippen molar-refractivity contribution in [2.24, 2.45) is 0 Å². The second-order valence-corrected chi connectivity index (χ2v) is 13.0. The molecule has 5 aromatic rings. The second-order valence-electron chi connectivity index (χ2n) is 13.0. The first-order valence-electron chi connectivity index (χ1n) is 18.3. The van der Waals surface area contributed by atoms with Gasteiger partial charge in [0.05, 0.1) is 11.4 Å². The van der Waals surface area contributed by atoms with Crippen LogP contribution in [0.5, 0.6) is 0 Å². The summed E-state index contributed by atoms with van der Waals surface area (Å²) in [6.07, 6.45) is 25.4. The van der Waals surface area contributed by atoms with Crippen molar-refractivity contribution < 1.29 is 9.59 Å². The Morgan fingerprint density at radius 1 is 0.417 bits per heavy atom. The molecule has 0 aliphatic carbocycles. The summed E-state index contributed by atoms with van der Waals surface area (Å²) in [6, 6.07) is 25.2. The summed E-state index contributed by atoms with van der Waals surface area (Å²) in [5.74, 6) is 0. The summed E-state index contributed by atoms with van der Waals surface area (Å²) < 4.78 is 4.33. The molecular formula is C44H52N2O2. The Morgan fingerprint density at radius 3 is 1.10 bits per heavy atom. The Bertz CT molecular complexity index is 1660. The first kappa shape index (κ1) is 34.9. The van der Waals surface area contributed by atoms with E-state index in [1.165, 1.54) is 96.9 Å². The highest BCUT2D eigenvalue weighted by atomic mass is 16.1. The van der Waals surface area contributed by atoms with Gasteiger partial charge in [-0.1, -0.05) is 139 Å². The molecule has 250 valence electrons. The fourth-order valence-corrected chi connectivity index (χ4v) is 7.01. The van der Waals surface area contributed by atoms with Gasteiger partial charge in [0.2, 0.25) is 0 Å². The Kier molecular flexibility index (Phi) is 13.2. The molecule has 0 fully saturated rings. The van der Waals surface area contributed by atoms with E-state index in [1.54, 1.807) is 0 Å². The van der Waals surface area contributed by atoms with Crippen molar-refractivity contribution in [2.75, 3.05) is 0 Å². The van der Waals surface area contributed by atoms with Gasteiger partial charge in [-0.25, -0.2) is 0 Å². The summed E-state index contributed by atoms with van der Waals surface area (Å²) in [5.41, 5.74) is 5.93. The molecule has 0 aliphatic heterocycles. The zero-order valence-corrected chi connectivity index (χ0v) is 29.0. The SMILES string of the molecule is CCCCCCCCn1c(C=O)ccc1/C=C/c1c2ccccc2c(/C=C/c2ccc(C=O)n2CCCCCCCC)c2ccccc12. The molecule has 0 N–H and O–H groups in total. The fourth-order valence-electron chi connectivity index (χ4n) is 7.01. The van der Waals surface area contributed by atoms with Crippen molar-refractivity contribution in [2.45, 2.75) is 104 Å². The molecule has 3 aromatic carbocycles. The molecule has 4 nitrogen and oxygen atoms in total. The van der Waals surface area contributed by atoms with Crippen molar-refractivity contribution in [3.05, 3.63) is 107 Å². The third-order valence-corrected chi connectivity index (χ3v) is 9.66. The first-order chi connectivity index (χ1) is 23.7. The molecule has 0 atom stereocenters. The van der Waals surface area contributed by atoms with Crippen LogP contribution < -0.4 is 0 Å². The molecule has 0 saturated heterocycles. The predicted molar refractivity (Wildman–Crippen MR) is 206 cm³/mol. The standard InChI is InChI=1S/C44H52N2O2/c1-3-5-7-9-11-17-31-45-35(23-25-37(45)33-47)27-29-43-39-19-13-15-21-41(39)44(42-22-16-14-20-40(42)43)30-28-36-24-26-38(34-48)46(36)32-18-12-10-8-6-4-2/h13-16,19-30,33-34H,3-12,17-18,31-32H2,1-2H3/b29-27+,30-28+. The molecule has 2 aromatic heterocycles. The molecule has 0 amide bonds. The minimum absolute atomic E-state index is 0.734. The van der Waals surface area contributed by atoms with Crippen LogP contribution >= 0.6 is 0 Å². The number of carbonyl (C=O) groups excluding carboxylic acids is 2. The third-order valence-electron chi connectivity index (χ3n) is 9.66. The normalized spacial score (nSPS) is 11.9. The van der Waals surface area contributed by atoms with Gasteiger partial charge in [-0.3, -0.25) is 9.59 Å². The zero-order valence-electron chi connectivity index (χ0n) is 29.0. The van der Waals surface area contributed by atoms with Crippen LogP contribution in [0.3, 0.4) is 0 Å². The van der Waals surface area contributed by atoms with Gasteiger partial charge in [-0.15, -0.1) is 0 Å². The van der Waals surface area contributed by atoms with Crippen LogP contribution in [0, 0.1) is 0 Å². The molecule has 48 heavy (non-hydrogen) atoms. The van der Waals surface area contributed by atoms with Crippen molar-refractivity contribution in [1.29, 1.82) is 0 Å². The maximum Gasteiger partial charge on any atom is 0.166 e. The molecule has 2 heterocycles. The molecular weight excluding hydrogens is 588 g/mol. The minimum atomic E-state index is 0.734. The number of benzene rings is 3. The summed E-state index contributed by atoms with van der Waals surface area (Å²) in [6.45, 7) is 6.19. The van der Waals surface area contributed by atoms with Crippen molar-refractivity contribution >= 4 is 58.4 Å². The van der Waals surface area contributed by atoms with Crippen LogP contribution in [0.2, 0.25) is 0 Å². The lowest BCUT2D eigenvalue weighted by Gasteiger charge is -2.14. The van der Waals surface area contributed by atoms with Gasteiger partial charge in [-0.2, -0.15) is 0 Å². The summed E-state index contributed by atoms with van der Waals surface area (Å²) >= 11 is 0. The molecule has 0 unspecified atom stereocenters. The van der Waals surface area contributed by atoms with Crippen LogP contribution in [-0.4, -0.2) is 21.7 Å². The number of nitrogens with zero attached hydrogens (tertiary/aromatic N) is 2. The molecule has 0 bridgehead atoms. The van der Waals surface area contributed by atoms with Crippen LogP contribution in [-0.2, 0) is 13.1 Å². The highest BCUT2D eigenvalue weighted by molar-refractivity contribution is 6.14. The van der Waals surface area contributed by atoms with Gasteiger partial charge in [-0.05, 0) is 81.9 Å². The van der Waals surface area contributed by atoms with Crippen LogP contribution in [0.15, 0.2) is 72.8 Å². The average molecular weight is 641 g/mol. The number of rotatable bonds is 20. The van der Waals surface area contributed by atoms with E-state index in [-0.39, 0.29) is 0 Å². The van der Waals surface area contributed by atoms with E-state index < -0.39 is 0 Å². The number of unbranched alkanes of at least 4 members (excludes halogenated alkanes) is 10. The minimum Gasteiger partial charge on any atom is -0.339 e. The second kappa shape index (κ2) is 18.2. The quantitative estimate of drug-likeness (QED) is 0.0483. The Morgan fingerprint density at radius 2 is 0.750 bits per heavy atom. The van der Waals surface area contributed by atoms with E-state index in [2.05, 4.69) is 108 Å². The maximum absolute atomic E-state index is 11.9. The molecule has 0 aliphatic rings. The number of aldehydes is 2. The highest BCUT2D eigenvalue weighted by Gasteiger charge is 2.13. The molecule has 4 heteroatoms. The lowest BCUT2D eigenvalue weighted by Crippen LogP contribution is -2.04. The van der Waals surface area contributed by atoms with Gasteiger partial charge in [0.1, 0.15) is 0 Å². The largest absolute Gasteiger partial charge is 0.339 e. The fraction of sp³-hybridized carbons (Fsp3) is 0.364. The number of hydrogen-bond donors (Lipinski definition) is 0. The summed E-state index contributed by atoms with van der Waals surface area (Å²) in [4.78, 5) is 23.8. The van der Waals surface area contributed by atoms with Gasteiger partial charge in [0.15, 0.2) is 12.6 Å². The van der Waals surface area contributed by atoms with Gasteiger partial charge >= 0.3 is 0 Å². The third kappa shape index (κ3) is 8.52. The monoisotopic (exact) mass is 640 g/mol. The number of fused-ring (bicyclic) bond motifs is 2. The average Bonchev–Trinajstić information content (AvgIpc) is 3.71. The van der Waals surface area contributed by atoms with Crippen molar-refractivity contribution in [3.8, 4) is 0 Å². The number of aromatic nitrogens is 2. The molecule has 0 radical (unpaired) electrons. The lowest BCUT2D eigenvalue weighted by atomic mass is 9.91. The van der Waals surface area contributed by atoms with Crippen LogP contribution in [0.4, 0.5) is 0 Å². The van der Waals surface area contributed by atoms with Gasteiger partial charge < -0.3 is 9.13 Å².